The average Bonchev–Trinajstić information content (AvgIpc) is 3.03. The van der Waals surface area contributed by atoms with Gasteiger partial charge in [0.25, 0.3) is 0 Å². The summed E-state index contributed by atoms with van der Waals surface area (Å²) in [6.45, 7) is 0. The minimum Gasteiger partial charge on any atom is -0.364 e. The van der Waals surface area contributed by atoms with E-state index in [-0.39, 0.29) is 0 Å². The molecule has 142 valence electrons. The number of halogens is 2. The first-order valence-corrected chi connectivity index (χ1v) is 11.4. The Bertz CT molecular complexity index is 791. The molecular formula is C24H27BrFN. The Morgan fingerprint density at radius 2 is 1.81 bits per heavy atom. The van der Waals surface area contributed by atoms with Crippen LogP contribution in [0.2, 0.25) is 0 Å². The number of rotatable bonds is 2. The Balaban J connectivity index is 1.47. The predicted molar refractivity (Wildman–Crippen MR) is 113 cm³/mol. The zero-order valence-electron chi connectivity index (χ0n) is 15.7. The van der Waals surface area contributed by atoms with Crippen LogP contribution in [0.3, 0.4) is 0 Å². The molecule has 1 fully saturated rings. The Morgan fingerprint density at radius 3 is 2.59 bits per heavy atom. The highest BCUT2D eigenvalue weighted by atomic mass is 79.9. The molecule has 1 nitrogen and oxygen atoms in total. The van der Waals surface area contributed by atoms with Crippen LogP contribution in [-0.4, -0.2) is 28.0 Å². The van der Waals surface area contributed by atoms with Gasteiger partial charge in [0, 0.05) is 22.5 Å². The number of hydrogen-bond acceptors (Lipinski definition) is 1. The Hall–Kier alpha value is -1.35. The summed E-state index contributed by atoms with van der Waals surface area (Å²) in [6.07, 6.45) is 24.7. The van der Waals surface area contributed by atoms with Gasteiger partial charge < -0.3 is 4.90 Å². The van der Waals surface area contributed by atoms with Gasteiger partial charge in [0.1, 0.15) is 6.17 Å². The molecular weight excluding hydrogens is 401 g/mol. The summed E-state index contributed by atoms with van der Waals surface area (Å²) in [5, 5.41) is 0. The summed E-state index contributed by atoms with van der Waals surface area (Å²) < 4.78 is 13.7. The summed E-state index contributed by atoms with van der Waals surface area (Å²) in [7, 11) is 0. The third-order valence-corrected chi connectivity index (χ3v) is 7.51. The molecule has 1 aliphatic heterocycles. The van der Waals surface area contributed by atoms with Crippen molar-refractivity contribution in [3.05, 3.63) is 71.0 Å². The SMILES string of the molecule is FC1CCC(N2C3=C(C=C(C4=CCC(Br)C=C4)CC3)C3C=CC=CC32)CC1. The quantitative estimate of drug-likeness (QED) is 0.466. The van der Waals surface area contributed by atoms with Crippen LogP contribution in [0.4, 0.5) is 4.39 Å². The van der Waals surface area contributed by atoms with Crippen molar-refractivity contribution >= 4 is 15.9 Å². The maximum atomic E-state index is 13.7. The highest BCUT2D eigenvalue weighted by molar-refractivity contribution is 9.09. The first-order valence-electron chi connectivity index (χ1n) is 10.4. The predicted octanol–water partition coefficient (Wildman–Crippen LogP) is 6.32. The lowest BCUT2D eigenvalue weighted by Gasteiger charge is -2.40. The molecule has 4 aliphatic carbocycles. The van der Waals surface area contributed by atoms with E-state index < -0.39 is 6.17 Å². The van der Waals surface area contributed by atoms with E-state index in [0.29, 0.717) is 22.8 Å². The van der Waals surface area contributed by atoms with Crippen molar-refractivity contribution in [3.8, 4) is 0 Å². The normalized spacial score (nSPS) is 37.9. The van der Waals surface area contributed by atoms with Crippen molar-refractivity contribution in [2.75, 3.05) is 0 Å². The maximum absolute atomic E-state index is 13.7. The number of fused-ring (bicyclic) bond motifs is 2. The van der Waals surface area contributed by atoms with Gasteiger partial charge in [-0.1, -0.05) is 64.5 Å². The van der Waals surface area contributed by atoms with E-state index >= 15 is 0 Å². The molecule has 0 radical (unpaired) electrons. The van der Waals surface area contributed by atoms with Crippen LogP contribution in [0, 0.1) is 5.92 Å². The summed E-state index contributed by atoms with van der Waals surface area (Å²) in [5.41, 5.74) is 5.94. The molecule has 0 bridgehead atoms. The molecule has 0 aromatic carbocycles. The lowest BCUT2D eigenvalue weighted by atomic mass is 9.84. The van der Waals surface area contributed by atoms with Crippen molar-refractivity contribution in [1.82, 2.24) is 4.90 Å². The molecule has 3 unspecified atom stereocenters. The fraction of sp³-hybridized carbons (Fsp3) is 0.500. The van der Waals surface area contributed by atoms with Crippen molar-refractivity contribution in [1.29, 1.82) is 0 Å². The van der Waals surface area contributed by atoms with E-state index in [1.54, 1.807) is 0 Å². The molecule has 0 N–H and O–H groups in total. The largest absolute Gasteiger partial charge is 0.364 e. The van der Waals surface area contributed by atoms with Gasteiger partial charge in [0.15, 0.2) is 0 Å². The number of allylic oxidation sites excluding steroid dienone is 9. The smallest absolute Gasteiger partial charge is 0.100 e. The van der Waals surface area contributed by atoms with Crippen LogP contribution in [0.5, 0.6) is 0 Å². The standard InChI is InChI=1S/C24H27BrFN/c25-18-8-5-16(6-9-18)17-7-14-24-22(15-17)21-3-1-2-4-23(21)27(24)20-12-10-19(26)11-13-20/h1-6,8,15,18-21,23H,7,9-14H2. The Morgan fingerprint density at radius 1 is 1.00 bits per heavy atom. The van der Waals surface area contributed by atoms with Crippen LogP contribution in [0.1, 0.15) is 44.9 Å². The molecule has 3 heteroatoms. The first kappa shape index (κ1) is 17.7. The maximum Gasteiger partial charge on any atom is 0.100 e. The minimum absolute atomic E-state index is 0.430. The zero-order valence-corrected chi connectivity index (χ0v) is 17.2. The third kappa shape index (κ3) is 3.22. The fourth-order valence-electron chi connectivity index (χ4n) is 5.47. The van der Waals surface area contributed by atoms with Gasteiger partial charge in [0.2, 0.25) is 0 Å². The molecule has 5 aliphatic rings. The minimum atomic E-state index is -0.587. The van der Waals surface area contributed by atoms with Crippen LogP contribution >= 0.6 is 15.9 Å². The summed E-state index contributed by atoms with van der Waals surface area (Å²) in [6, 6.07) is 0.936. The van der Waals surface area contributed by atoms with Gasteiger partial charge >= 0.3 is 0 Å². The molecule has 1 saturated carbocycles. The second-order valence-electron chi connectivity index (χ2n) is 8.44. The van der Waals surface area contributed by atoms with Gasteiger partial charge in [-0.05, 0) is 61.7 Å². The third-order valence-electron chi connectivity index (χ3n) is 6.83. The van der Waals surface area contributed by atoms with Crippen LogP contribution in [0.15, 0.2) is 71.0 Å². The van der Waals surface area contributed by atoms with E-state index in [4.69, 9.17) is 0 Å². The molecule has 0 saturated heterocycles. The summed E-state index contributed by atoms with van der Waals surface area (Å²) in [4.78, 5) is 3.15. The van der Waals surface area contributed by atoms with Crippen LogP contribution in [0.25, 0.3) is 0 Å². The van der Waals surface area contributed by atoms with Crippen molar-refractivity contribution in [3.63, 3.8) is 0 Å². The highest BCUT2D eigenvalue weighted by Crippen LogP contribution is 2.47. The lowest BCUT2D eigenvalue weighted by Crippen LogP contribution is -2.43. The van der Waals surface area contributed by atoms with Crippen molar-refractivity contribution in [2.24, 2.45) is 5.92 Å². The summed E-state index contributed by atoms with van der Waals surface area (Å²) in [5.74, 6) is 0.459. The van der Waals surface area contributed by atoms with E-state index in [0.717, 1.165) is 44.9 Å². The molecule has 5 rings (SSSR count). The van der Waals surface area contributed by atoms with Crippen LogP contribution in [-0.2, 0) is 0 Å². The second kappa shape index (κ2) is 7.24. The average molecular weight is 428 g/mol. The van der Waals surface area contributed by atoms with Crippen molar-refractivity contribution in [2.45, 2.75) is 68.0 Å². The Labute approximate surface area is 170 Å². The molecule has 0 aromatic heterocycles. The van der Waals surface area contributed by atoms with E-state index in [1.807, 2.05) is 0 Å². The van der Waals surface area contributed by atoms with Gasteiger partial charge in [-0.3, -0.25) is 0 Å². The molecule has 1 heterocycles. The van der Waals surface area contributed by atoms with Gasteiger partial charge in [-0.2, -0.15) is 0 Å². The zero-order chi connectivity index (χ0) is 18.4. The molecule has 3 atom stereocenters. The number of alkyl halides is 2. The molecule has 0 spiro atoms. The molecule has 0 amide bonds. The lowest BCUT2D eigenvalue weighted by molar-refractivity contribution is 0.129. The van der Waals surface area contributed by atoms with Gasteiger partial charge in [-0.15, -0.1) is 0 Å². The van der Waals surface area contributed by atoms with E-state index in [1.165, 1.54) is 22.4 Å². The molecule has 27 heavy (non-hydrogen) atoms. The monoisotopic (exact) mass is 427 g/mol. The van der Waals surface area contributed by atoms with Crippen molar-refractivity contribution < 1.29 is 4.39 Å². The Kier molecular flexibility index (Phi) is 4.75. The van der Waals surface area contributed by atoms with Gasteiger partial charge in [0.05, 0.1) is 6.04 Å². The molecule has 0 aromatic rings. The number of nitrogens with zero attached hydrogens (tertiary/aromatic N) is 1. The number of hydrogen-bond donors (Lipinski definition) is 0. The van der Waals surface area contributed by atoms with E-state index in [2.05, 4.69) is 69.4 Å². The van der Waals surface area contributed by atoms with E-state index in [9.17, 15) is 4.39 Å². The van der Waals surface area contributed by atoms with Gasteiger partial charge in [-0.25, -0.2) is 4.39 Å². The highest BCUT2D eigenvalue weighted by Gasteiger charge is 2.42. The fourth-order valence-corrected chi connectivity index (χ4v) is 5.81. The summed E-state index contributed by atoms with van der Waals surface area (Å²) >= 11 is 3.68. The second-order valence-corrected chi connectivity index (χ2v) is 9.62. The van der Waals surface area contributed by atoms with Crippen LogP contribution < -0.4 is 0 Å². The first-order chi connectivity index (χ1) is 13.2. The topological polar surface area (TPSA) is 3.24 Å².